The van der Waals surface area contributed by atoms with Crippen LogP contribution in [-0.4, -0.2) is 46.3 Å². The summed E-state index contributed by atoms with van der Waals surface area (Å²) in [6.45, 7) is 2.44. The third kappa shape index (κ3) is 7.21. The molecule has 0 spiro atoms. The van der Waals surface area contributed by atoms with Gasteiger partial charge in [-0.2, -0.15) is 0 Å². The third-order valence-corrected chi connectivity index (χ3v) is 7.05. The molecule has 1 aliphatic rings. The maximum atomic E-state index is 13.2. The zero-order valence-corrected chi connectivity index (χ0v) is 21.8. The highest BCUT2D eigenvalue weighted by molar-refractivity contribution is 8.15. The average molecular weight is 536 g/mol. The van der Waals surface area contributed by atoms with Crippen molar-refractivity contribution in [1.29, 1.82) is 0 Å². The lowest BCUT2D eigenvalue weighted by Crippen LogP contribution is -2.46. The quantitative estimate of drug-likeness (QED) is 0.373. The Kier molecular flexibility index (Phi) is 8.98. The molecule has 1 saturated heterocycles. The normalized spacial score (nSPS) is 16.5. The maximum absolute atomic E-state index is 13.2. The van der Waals surface area contributed by atoms with Gasteiger partial charge in [-0.3, -0.25) is 14.5 Å². The molecule has 1 unspecified atom stereocenters. The van der Waals surface area contributed by atoms with Crippen LogP contribution in [0.1, 0.15) is 29.3 Å². The minimum absolute atomic E-state index is 0.0603. The van der Waals surface area contributed by atoms with Gasteiger partial charge < -0.3 is 10.1 Å². The van der Waals surface area contributed by atoms with E-state index >= 15 is 0 Å². The summed E-state index contributed by atoms with van der Waals surface area (Å²) in [6.07, 6.45) is 0.663. The third-order valence-electron chi connectivity index (χ3n) is 5.61. The van der Waals surface area contributed by atoms with Crippen molar-refractivity contribution in [1.82, 2.24) is 4.90 Å². The van der Waals surface area contributed by atoms with Crippen LogP contribution in [0.4, 0.5) is 11.4 Å². The molecule has 37 heavy (non-hydrogen) atoms. The number of halogens is 1. The monoisotopic (exact) mass is 535 g/mol. The molecule has 1 fully saturated rings. The van der Waals surface area contributed by atoms with Gasteiger partial charge in [-0.1, -0.05) is 53.7 Å². The molecule has 2 amide bonds. The van der Waals surface area contributed by atoms with E-state index in [2.05, 4.69) is 5.32 Å². The molecule has 3 aromatic carbocycles. The molecular weight excluding hydrogens is 510 g/mol. The van der Waals surface area contributed by atoms with Crippen LogP contribution in [0.2, 0.25) is 5.02 Å². The van der Waals surface area contributed by atoms with E-state index < -0.39 is 11.2 Å². The number of esters is 1. The second-order valence-electron chi connectivity index (χ2n) is 8.25. The van der Waals surface area contributed by atoms with Crippen molar-refractivity contribution in [3.05, 3.63) is 95.0 Å². The number of aliphatic imine (C=N–C) groups is 1. The van der Waals surface area contributed by atoms with Gasteiger partial charge in [0.1, 0.15) is 5.25 Å². The lowest BCUT2D eigenvalue weighted by Gasteiger charge is -2.32. The molecule has 0 aliphatic carbocycles. The number of thioether (sulfide) groups is 1. The Labute approximate surface area is 224 Å². The molecule has 1 heterocycles. The molecule has 7 nitrogen and oxygen atoms in total. The lowest BCUT2D eigenvalue weighted by atomic mass is 10.1. The Morgan fingerprint density at radius 1 is 1.05 bits per heavy atom. The molecule has 190 valence electrons. The van der Waals surface area contributed by atoms with E-state index in [1.807, 2.05) is 42.5 Å². The highest BCUT2D eigenvalue weighted by atomic mass is 35.5. The Balaban J connectivity index is 1.56. The molecular formula is C28H26ClN3O4S. The molecule has 9 heteroatoms. The number of hydrogen-bond acceptors (Lipinski definition) is 6. The van der Waals surface area contributed by atoms with Crippen LogP contribution < -0.4 is 5.32 Å². The summed E-state index contributed by atoms with van der Waals surface area (Å²) in [5.74, 6) is -0.846. The molecule has 1 N–H and O–H groups in total. The number of amides is 2. The molecule has 4 rings (SSSR count). The number of nitrogens with zero attached hydrogens (tertiary/aromatic N) is 2. The van der Waals surface area contributed by atoms with E-state index in [9.17, 15) is 14.4 Å². The molecule has 0 radical (unpaired) electrons. The van der Waals surface area contributed by atoms with Crippen LogP contribution in [0.25, 0.3) is 0 Å². The van der Waals surface area contributed by atoms with Gasteiger partial charge in [0.25, 0.3) is 0 Å². The molecule has 0 aromatic heterocycles. The molecule has 3 aromatic rings. The van der Waals surface area contributed by atoms with E-state index in [4.69, 9.17) is 21.3 Å². The van der Waals surface area contributed by atoms with Crippen molar-refractivity contribution in [2.75, 3.05) is 18.5 Å². The summed E-state index contributed by atoms with van der Waals surface area (Å²) in [4.78, 5) is 44.5. The number of carbonyl (C=O) groups is 3. The van der Waals surface area contributed by atoms with Crippen molar-refractivity contribution in [2.45, 2.75) is 25.0 Å². The number of para-hydroxylation sites is 1. The number of carbonyl (C=O) groups excluding carboxylic acids is 3. The fourth-order valence-corrected chi connectivity index (χ4v) is 4.95. The van der Waals surface area contributed by atoms with Crippen LogP contribution in [-0.2, 0) is 20.7 Å². The SMILES string of the molecule is CCOC(=O)c1ccc(N=C2SC(C(=O)Nc3ccccc3)CC(=O)N2CCc2ccc(Cl)cc2)cc1. The standard InChI is InChI=1S/C28H26ClN3O4S/c1-2-36-27(35)20-10-14-23(15-11-20)31-28-32(17-16-19-8-12-21(29)13-9-19)25(33)18-24(37-28)26(34)30-22-6-4-3-5-7-22/h3-15,24H,2,16-18H2,1H3,(H,30,34). The number of hydrogen-bond donors (Lipinski definition) is 1. The minimum Gasteiger partial charge on any atom is -0.462 e. The molecule has 1 aliphatic heterocycles. The van der Waals surface area contributed by atoms with Crippen molar-refractivity contribution in [3.8, 4) is 0 Å². The maximum Gasteiger partial charge on any atom is 0.338 e. The Morgan fingerprint density at radius 2 is 1.76 bits per heavy atom. The average Bonchev–Trinajstić information content (AvgIpc) is 2.90. The van der Waals surface area contributed by atoms with E-state index in [-0.39, 0.29) is 24.8 Å². The largest absolute Gasteiger partial charge is 0.462 e. The Bertz CT molecular complexity index is 1280. The van der Waals surface area contributed by atoms with Crippen molar-refractivity contribution >= 4 is 57.7 Å². The van der Waals surface area contributed by atoms with Gasteiger partial charge in [0.15, 0.2) is 5.17 Å². The molecule has 0 bridgehead atoms. The molecule has 0 saturated carbocycles. The molecule has 1 atom stereocenters. The summed E-state index contributed by atoms with van der Waals surface area (Å²) in [5.41, 5.74) is 2.67. The topological polar surface area (TPSA) is 88.1 Å². The first-order valence-electron chi connectivity index (χ1n) is 11.9. The van der Waals surface area contributed by atoms with E-state index in [1.165, 1.54) is 11.8 Å². The smallest absolute Gasteiger partial charge is 0.338 e. The van der Waals surface area contributed by atoms with Gasteiger partial charge >= 0.3 is 5.97 Å². The van der Waals surface area contributed by atoms with Crippen LogP contribution in [0.3, 0.4) is 0 Å². The number of ether oxygens (including phenoxy) is 1. The Morgan fingerprint density at radius 3 is 2.43 bits per heavy atom. The highest BCUT2D eigenvalue weighted by Gasteiger charge is 2.35. The van der Waals surface area contributed by atoms with Gasteiger partial charge in [-0.15, -0.1) is 0 Å². The van der Waals surface area contributed by atoms with Crippen LogP contribution >= 0.6 is 23.4 Å². The Hall–Kier alpha value is -3.62. The predicted molar refractivity (Wildman–Crippen MR) is 147 cm³/mol. The zero-order valence-electron chi connectivity index (χ0n) is 20.2. The second-order valence-corrected chi connectivity index (χ2v) is 9.86. The number of rotatable bonds is 8. The number of benzene rings is 3. The van der Waals surface area contributed by atoms with E-state index in [0.29, 0.717) is 40.1 Å². The summed E-state index contributed by atoms with van der Waals surface area (Å²) in [5, 5.41) is 3.33. The van der Waals surface area contributed by atoms with E-state index in [1.54, 1.807) is 48.2 Å². The second kappa shape index (κ2) is 12.6. The fourth-order valence-electron chi connectivity index (χ4n) is 3.69. The van der Waals surface area contributed by atoms with E-state index in [0.717, 1.165) is 5.56 Å². The minimum atomic E-state index is -0.628. The summed E-state index contributed by atoms with van der Waals surface area (Å²) >= 11 is 7.25. The number of nitrogens with one attached hydrogen (secondary N) is 1. The summed E-state index contributed by atoms with van der Waals surface area (Å²) in [6, 6.07) is 23.2. The lowest BCUT2D eigenvalue weighted by molar-refractivity contribution is -0.129. The zero-order chi connectivity index (χ0) is 26.2. The first-order valence-corrected chi connectivity index (χ1v) is 13.1. The van der Waals surface area contributed by atoms with Crippen LogP contribution in [0.15, 0.2) is 83.9 Å². The fraction of sp³-hybridized carbons (Fsp3) is 0.214. The van der Waals surface area contributed by atoms with Crippen LogP contribution in [0, 0.1) is 0 Å². The van der Waals surface area contributed by atoms with Crippen LogP contribution in [0.5, 0.6) is 0 Å². The number of amidine groups is 1. The van der Waals surface area contributed by atoms with Gasteiger partial charge in [0.05, 0.1) is 17.9 Å². The summed E-state index contributed by atoms with van der Waals surface area (Å²) < 4.78 is 5.04. The van der Waals surface area contributed by atoms with Crippen molar-refractivity contribution < 1.29 is 19.1 Å². The predicted octanol–water partition coefficient (Wildman–Crippen LogP) is 5.72. The van der Waals surface area contributed by atoms with Crippen molar-refractivity contribution in [2.24, 2.45) is 4.99 Å². The van der Waals surface area contributed by atoms with Gasteiger partial charge in [-0.25, -0.2) is 9.79 Å². The van der Waals surface area contributed by atoms with Gasteiger partial charge in [0, 0.05) is 23.7 Å². The number of anilines is 1. The first kappa shape index (κ1) is 26.4. The van der Waals surface area contributed by atoms with Gasteiger partial charge in [0.2, 0.25) is 11.8 Å². The first-order chi connectivity index (χ1) is 17.9. The van der Waals surface area contributed by atoms with Gasteiger partial charge in [-0.05, 0) is 67.4 Å². The van der Waals surface area contributed by atoms with Crippen molar-refractivity contribution in [3.63, 3.8) is 0 Å². The summed E-state index contributed by atoms with van der Waals surface area (Å²) in [7, 11) is 0. The highest BCUT2D eigenvalue weighted by Crippen LogP contribution is 2.30.